The fourth-order valence-corrected chi connectivity index (χ4v) is 4.12. The fraction of sp³-hybridized carbons (Fsp3) is 0.357. The van der Waals surface area contributed by atoms with Crippen LogP contribution in [0.2, 0.25) is 0 Å². The lowest BCUT2D eigenvalue weighted by Crippen LogP contribution is -2.53. The van der Waals surface area contributed by atoms with Crippen molar-refractivity contribution in [2.75, 3.05) is 0 Å². The van der Waals surface area contributed by atoms with Crippen LogP contribution in [0.3, 0.4) is 0 Å². The molecule has 2 aromatic carbocycles. The standard InChI is InChI=1S/C28H30O10/c1-15-6-9-21(13-22(15)12-20-7-10-23(33)11-8-20)25-27(36-18(4)31)28(37-19(5)32)26(35-17(3)30)24(38-25)14-34-16(2)29/h6-11,13-14,25-28,33H,12H2,1-5H3/b24-14+/t25-,26+,27-,28-/m0/s1. The number of aryl methyl sites for hydroxylation is 1. The van der Waals surface area contributed by atoms with Gasteiger partial charge >= 0.3 is 23.9 Å². The van der Waals surface area contributed by atoms with Crippen LogP contribution in [0.25, 0.3) is 0 Å². The predicted molar refractivity (Wildman–Crippen MR) is 132 cm³/mol. The van der Waals surface area contributed by atoms with Crippen LogP contribution in [0, 0.1) is 6.92 Å². The number of ether oxygens (including phenoxy) is 5. The van der Waals surface area contributed by atoms with Crippen molar-refractivity contribution < 1.29 is 48.0 Å². The second-order valence-corrected chi connectivity index (χ2v) is 8.88. The SMILES string of the molecule is CC(=O)O/C=C1/O[C@@H](c2ccc(C)c(Cc3ccc(O)cc3)c2)[C@H](OC(C)=O)[C@@H](OC(C)=O)[C@@H]1OC(C)=O. The van der Waals surface area contributed by atoms with Crippen molar-refractivity contribution in [2.45, 2.75) is 65.5 Å². The number of aromatic hydroxyl groups is 1. The van der Waals surface area contributed by atoms with Crippen molar-refractivity contribution in [3.8, 4) is 5.75 Å². The Morgan fingerprint density at radius 3 is 2.03 bits per heavy atom. The Labute approximate surface area is 220 Å². The number of hydrogen-bond acceptors (Lipinski definition) is 10. The lowest BCUT2D eigenvalue weighted by Gasteiger charge is -2.42. The van der Waals surface area contributed by atoms with Crippen molar-refractivity contribution in [3.63, 3.8) is 0 Å². The van der Waals surface area contributed by atoms with Gasteiger partial charge in [-0.25, -0.2) is 0 Å². The molecule has 0 unspecified atom stereocenters. The average molecular weight is 527 g/mol. The Morgan fingerprint density at radius 1 is 0.842 bits per heavy atom. The van der Waals surface area contributed by atoms with Crippen molar-refractivity contribution in [1.29, 1.82) is 0 Å². The second kappa shape index (κ2) is 12.3. The molecule has 0 bridgehead atoms. The molecular formula is C28H30O10. The van der Waals surface area contributed by atoms with Gasteiger partial charge in [-0.3, -0.25) is 19.2 Å². The van der Waals surface area contributed by atoms with Crippen LogP contribution in [0.5, 0.6) is 5.75 Å². The van der Waals surface area contributed by atoms with E-state index in [-0.39, 0.29) is 11.5 Å². The molecular weight excluding hydrogens is 496 g/mol. The summed E-state index contributed by atoms with van der Waals surface area (Å²) >= 11 is 0. The number of carbonyl (C=O) groups excluding carboxylic acids is 4. The van der Waals surface area contributed by atoms with Crippen molar-refractivity contribution >= 4 is 23.9 Å². The highest BCUT2D eigenvalue weighted by atomic mass is 16.6. The van der Waals surface area contributed by atoms with Gasteiger partial charge in [-0.05, 0) is 47.7 Å². The van der Waals surface area contributed by atoms with Gasteiger partial charge in [-0.2, -0.15) is 0 Å². The highest BCUT2D eigenvalue weighted by Crippen LogP contribution is 2.40. The van der Waals surface area contributed by atoms with E-state index in [0.29, 0.717) is 12.0 Å². The van der Waals surface area contributed by atoms with Crippen molar-refractivity contribution in [2.24, 2.45) is 0 Å². The molecule has 3 rings (SSSR count). The van der Waals surface area contributed by atoms with E-state index >= 15 is 0 Å². The summed E-state index contributed by atoms with van der Waals surface area (Å²) in [5.74, 6) is -2.71. The smallest absolute Gasteiger partial charge is 0.307 e. The number of phenols is 1. The maximum atomic E-state index is 12.1. The summed E-state index contributed by atoms with van der Waals surface area (Å²) in [6.07, 6.45) is -3.36. The zero-order chi connectivity index (χ0) is 28.0. The van der Waals surface area contributed by atoms with Crippen LogP contribution in [-0.4, -0.2) is 47.3 Å². The highest BCUT2D eigenvalue weighted by molar-refractivity contribution is 5.69. The number of esters is 4. The van der Waals surface area contributed by atoms with Gasteiger partial charge in [-0.15, -0.1) is 0 Å². The molecule has 4 atom stereocenters. The number of benzene rings is 2. The van der Waals surface area contributed by atoms with Crippen LogP contribution in [0.1, 0.15) is 56.1 Å². The first-order valence-corrected chi connectivity index (χ1v) is 11.9. The summed E-state index contributed by atoms with van der Waals surface area (Å²) in [4.78, 5) is 47.6. The molecule has 202 valence electrons. The van der Waals surface area contributed by atoms with Gasteiger partial charge in [0, 0.05) is 27.7 Å². The summed E-state index contributed by atoms with van der Waals surface area (Å²) in [6.45, 7) is 6.63. The normalized spacial score (nSPS) is 21.7. The molecule has 1 aliphatic rings. The molecule has 1 heterocycles. The van der Waals surface area contributed by atoms with Gasteiger partial charge in [0.15, 0.2) is 24.1 Å². The van der Waals surface area contributed by atoms with Gasteiger partial charge in [0.25, 0.3) is 0 Å². The van der Waals surface area contributed by atoms with Crippen molar-refractivity contribution in [1.82, 2.24) is 0 Å². The molecule has 2 aromatic rings. The van der Waals surface area contributed by atoms with Crippen LogP contribution in [0.4, 0.5) is 0 Å². The molecule has 0 spiro atoms. The average Bonchev–Trinajstić information content (AvgIpc) is 2.82. The third kappa shape index (κ3) is 7.34. The largest absolute Gasteiger partial charge is 0.508 e. The van der Waals surface area contributed by atoms with Crippen LogP contribution in [0.15, 0.2) is 54.5 Å². The monoisotopic (exact) mass is 526 g/mol. The van der Waals surface area contributed by atoms with E-state index in [2.05, 4.69) is 0 Å². The van der Waals surface area contributed by atoms with E-state index in [0.717, 1.165) is 36.8 Å². The first-order chi connectivity index (χ1) is 17.9. The lowest BCUT2D eigenvalue weighted by molar-refractivity contribution is -0.212. The second-order valence-electron chi connectivity index (χ2n) is 8.88. The molecule has 0 amide bonds. The topological polar surface area (TPSA) is 135 Å². The Bertz CT molecular complexity index is 1230. The minimum atomic E-state index is -1.35. The molecule has 1 saturated heterocycles. The third-order valence-electron chi connectivity index (χ3n) is 5.73. The van der Waals surface area contributed by atoms with Crippen LogP contribution >= 0.6 is 0 Å². The van der Waals surface area contributed by atoms with E-state index in [1.807, 2.05) is 19.1 Å². The van der Waals surface area contributed by atoms with Gasteiger partial charge in [0.1, 0.15) is 12.0 Å². The van der Waals surface area contributed by atoms with E-state index < -0.39 is 48.3 Å². The number of phenolic OH excluding ortho intramolecular Hbond substituents is 1. The van der Waals surface area contributed by atoms with Gasteiger partial charge in [-0.1, -0.05) is 30.3 Å². The summed E-state index contributed by atoms with van der Waals surface area (Å²) in [7, 11) is 0. The maximum Gasteiger partial charge on any atom is 0.307 e. The number of hydrogen-bond donors (Lipinski definition) is 1. The Balaban J connectivity index is 2.10. The van der Waals surface area contributed by atoms with Crippen LogP contribution < -0.4 is 0 Å². The summed E-state index contributed by atoms with van der Waals surface area (Å²) in [5.41, 5.74) is 3.43. The van der Waals surface area contributed by atoms with Gasteiger partial charge in [0.05, 0.1) is 0 Å². The first-order valence-electron chi connectivity index (χ1n) is 11.9. The molecule has 0 saturated carbocycles. The Morgan fingerprint density at radius 2 is 1.45 bits per heavy atom. The molecule has 10 heteroatoms. The van der Waals surface area contributed by atoms with E-state index in [4.69, 9.17) is 23.7 Å². The van der Waals surface area contributed by atoms with E-state index in [1.54, 1.807) is 30.3 Å². The minimum absolute atomic E-state index is 0.101. The molecule has 1 aliphatic heterocycles. The molecule has 0 aromatic heterocycles. The maximum absolute atomic E-state index is 12.1. The molecule has 38 heavy (non-hydrogen) atoms. The summed E-state index contributed by atoms with van der Waals surface area (Å²) < 4.78 is 27.5. The van der Waals surface area contributed by atoms with Gasteiger partial charge in [0.2, 0.25) is 6.10 Å². The zero-order valence-electron chi connectivity index (χ0n) is 21.8. The summed E-state index contributed by atoms with van der Waals surface area (Å²) in [6, 6.07) is 12.3. The number of carbonyl (C=O) groups is 4. The van der Waals surface area contributed by atoms with Crippen LogP contribution in [-0.2, 0) is 49.3 Å². The molecule has 0 radical (unpaired) electrons. The Hall–Kier alpha value is -4.34. The van der Waals surface area contributed by atoms with E-state index in [1.165, 1.54) is 13.8 Å². The highest BCUT2D eigenvalue weighted by Gasteiger charge is 2.51. The third-order valence-corrected chi connectivity index (χ3v) is 5.73. The molecule has 1 N–H and O–H groups in total. The van der Waals surface area contributed by atoms with Crippen molar-refractivity contribution in [3.05, 3.63) is 76.7 Å². The fourth-order valence-electron chi connectivity index (χ4n) is 4.12. The van der Waals surface area contributed by atoms with E-state index in [9.17, 15) is 24.3 Å². The first kappa shape index (κ1) is 28.2. The lowest BCUT2D eigenvalue weighted by atomic mass is 9.89. The Kier molecular flexibility index (Phi) is 9.11. The predicted octanol–water partition coefficient (Wildman–Crippen LogP) is 3.56. The molecule has 10 nitrogen and oxygen atoms in total. The van der Waals surface area contributed by atoms with Gasteiger partial charge < -0.3 is 28.8 Å². The molecule has 0 aliphatic carbocycles. The quantitative estimate of drug-likeness (QED) is 0.324. The summed E-state index contributed by atoms with van der Waals surface area (Å²) in [5, 5.41) is 9.60. The zero-order valence-corrected chi connectivity index (χ0v) is 21.8. The number of rotatable bonds is 7. The minimum Gasteiger partial charge on any atom is -0.508 e. The molecule has 1 fully saturated rings.